The second-order valence-corrected chi connectivity index (χ2v) is 7.48. The van der Waals surface area contributed by atoms with E-state index in [9.17, 15) is 24.3 Å². The van der Waals surface area contributed by atoms with Crippen LogP contribution in [0.15, 0.2) is 25.0 Å². The van der Waals surface area contributed by atoms with E-state index in [1.54, 1.807) is 0 Å². The lowest BCUT2D eigenvalue weighted by atomic mass is 10.1. The number of carboxylic acids is 1. The van der Waals surface area contributed by atoms with E-state index in [2.05, 4.69) is 30.6 Å². The summed E-state index contributed by atoms with van der Waals surface area (Å²) in [6.45, 7) is 0.0255. The van der Waals surface area contributed by atoms with Gasteiger partial charge in [-0.3, -0.25) is 14.4 Å². The van der Waals surface area contributed by atoms with E-state index >= 15 is 0 Å². The SMILES string of the molecule is NCC(=O)NC(Cc1cnc[nH]1)C(=O)N1CCCC1C(=O)NC(Cc1cnc[nH]1)C(=O)O. The van der Waals surface area contributed by atoms with Crippen LogP contribution < -0.4 is 16.4 Å². The monoisotopic (exact) mass is 446 g/mol. The van der Waals surface area contributed by atoms with Crippen molar-refractivity contribution >= 4 is 23.7 Å². The Hall–Kier alpha value is -3.74. The fourth-order valence-corrected chi connectivity index (χ4v) is 3.66. The largest absolute Gasteiger partial charge is 0.480 e. The molecule has 3 unspecified atom stereocenters. The number of carbonyl (C=O) groups is 4. The molecule has 2 aromatic rings. The average molecular weight is 446 g/mol. The molecule has 2 aromatic heterocycles. The number of carboxylic acid groups (broad SMARTS) is 1. The second kappa shape index (κ2) is 10.5. The summed E-state index contributed by atoms with van der Waals surface area (Å²) in [6, 6.07) is -2.97. The number of nitrogens with two attached hydrogens (primary N) is 1. The number of nitrogens with zero attached hydrogens (tertiary/aromatic N) is 3. The molecule has 0 bridgehead atoms. The van der Waals surface area contributed by atoms with E-state index < -0.39 is 41.8 Å². The first kappa shape index (κ1) is 22.9. The summed E-state index contributed by atoms with van der Waals surface area (Å²) in [5, 5.41) is 14.6. The standard InChI is InChI=1S/C19H26N8O5/c20-6-16(28)25-13(4-11-7-21-9-23-11)18(30)27-3-1-2-15(27)17(29)26-14(19(31)32)5-12-8-22-10-24-12/h7-10,13-15H,1-6,20H2,(H,21,23)(H,22,24)(H,25,28)(H,26,29)(H,31,32). The van der Waals surface area contributed by atoms with Crippen LogP contribution in [0.25, 0.3) is 0 Å². The summed E-state index contributed by atoms with van der Waals surface area (Å²) in [4.78, 5) is 64.5. The van der Waals surface area contributed by atoms with Crippen LogP contribution in [0.4, 0.5) is 0 Å². The van der Waals surface area contributed by atoms with Gasteiger partial charge in [-0.05, 0) is 12.8 Å². The second-order valence-electron chi connectivity index (χ2n) is 7.48. The summed E-state index contributed by atoms with van der Waals surface area (Å²) in [5.41, 5.74) is 6.57. The molecule has 0 spiro atoms. The Morgan fingerprint density at radius 3 is 2.25 bits per heavy atom. The van der Waals surface area contributed by atoms with Gasteiger partial charge in [0, 0.05) is 43.2 Å². The lowest BCUT2D eigenvalue weighted by molar-refractivity contribution is -0.144. The third kappa shape index (κ3) is 5.69. The molecule has 3 rings (SSSR count). The fraction of sp³-hybridized carbons (Fsp3) is 0.474. The Bertz CT molecular complexity index is 930. The zero-order valence-electron chi connectivity index (χ0n) is 17.3. The molecule has 3 amide bonds. The van der Waals surface area contributed by atoms with Crippen LogP contribution in [-0.4, -0.2) is 84.8 Å². The fourth-order valence-electron chi connectivity index (χ4n) is 3.66. The highest BCUT2D eigenvalue weighted by molar-refractivity contribution is 5.94. The molecule has 1 fully saturated rings. The minimum Gasteiger partial charge on any atom is -0.480 e. The summed E-state index contributed by atoms with van der Waals surface area (Å²) in [7, 11) is 0. The van der Waals surface area contributed by atoms with Crippen LogP contribution in [0.1, 0.15) is 24.2 Å². The van der Waals surface area contributed by atoms with E-state index in [4.69, 9.17) is 5.73 Å². The molecule has 172 valence electrons. The van der Waals surface area contributed by atoms with E-state index in [0.29, 0.717) is 30.8 Å². The molecule has 0 aromatic carbocycles. The molecule has 32 heavy (non-hydrogen) atoms. The van der Waals surface area contributed by atoms with Crippen molar-refractivity contribution in [1.82, 2.24) is 35.5 Å². The number of aliphatic carboxylic acids is 1. The van der Waals surface area contributed by atoms with Gasteiger partial charge in [-0.15, -0.1) is 0 Å². The van der Waals surface area contributed by atoms with Crippen molar-refractivity contribution in [3.63, 3.8) is 0 Å². The van der Waals surface area contributed by atoms with Crippen LogP contribution in [0, 0.1) is 0 Å². The third-order valence-electron chi connectivity index (χ3n) is 5.23. The van der Waals surface area contributed by atoms with Gasteiger partial charge in [0.2, 0.25) is 17.7 Å². The predicted molar refractivity (Wildman–Crippen MR) is 110 cm³/mol. The van der Waals surface area contributed by atoms with Crippen molar-refractivity contribution in [2.24, 2.45) is 5.73 Å². The molecule has 1 aliphatic heterocycles. The van der Waals surface area contributed by atoms with Crippen LogP contribution in [0.2, 0.25) is 0 Å². The van der Waals surface area contributed by atoms with Gasteiger partial charge in [0.05, 0.1) is 19.2 Å². The molecule has 1 saturated heterocycles. The number of aromatic nitrogens is 4. The molecular weight excluding hydrogens is 420 g/mol. The van der Waals surface area contributed by atoms with Crippen molar-refractivity contribution in [1.29, 1.82) is 0 Å². The lowest BCUT2D eigenvalue weighted by Crippen LogP contribution is -2.56. The zero-order valence-corrected chi connectivity index (χ0v) is 17.3. The first-order chi connectivity index (χ1) is 15.4. The Balaban J connectivity index is 1.70. The van der Waals surface area contributed by atoms with Gasteiger partial charge < -0.3 is 36.3 Å². The van der Waals surface area contributed by atoms with Gasteiger partial charge in [0.1, 0.15) is 18.1 Å². The van der Waals surface area contributed by atoms with E-state index in [-0.39, 0.29) is 19.4 Å². The van der Waals surface area contributed by atoms with Crippen molar-refractivity contribution in [3.05, 3.63) is 36.4 Å². The van der Waals surface area contributed by atoms with Crippen molar-refractivity contribution in [2.45, 2.75) is 43.8 Å². The Morgan fingerprint density at radius 2 is 1.72 bits per heavy atom. The van der Waals surface area contributed by atoms with Gasteiger partial charge in [0.25, 0.3) is 0 Å². The Kier molecular flexibility index (Phi) is 7.54. The number of rotatable bonds is 10. The first-order valence-electron chi connectivity index (χ1n) is 10.2. The molecule has 0 radical (unpaired) electrons. The molecule has 7 N–H and O–H groups in total. The third-order valence-corrected chi connectivity index (χ3v) is 5.23. The van der Waals surface area contributed by atoms with E-state index in [1.807, 2.05) is 0 Å². The Morgan fingerprint density at radius 1 is 1.09 bits per heavy atom. The number of H-pyrrole nitrogens is 2. The van der Waals surface area contributed by atoms with Crippen molar-refractivity contribution in [2.75, 3.05) is 13.1 Å². The van der Waals surface area contributed by atoms with Gasteiger partial charge in [-0.1, -0.05) is 0 Å². The number of hydrogen-bond acceptors (Lipinski definition) is 7. The summed E-state index contributed by atoms with van der Waals surface area (Å²) >= 11 is 0. The molecular formula is C19H26N8O5. The molecule has 1 aliphatic rings. The molecule has 13 nitrogen and oxygen atoms in total. The van der Waals surface area contributed by atoms with Crippen LogP contribution in [-0.2, 0) is 32.0 Å². The van der Waals surface area contributed by atoms with Gasteiger partial charge in [-0.25, -0.2) is 14.8 Å². The maximum absolute atomic E-state index is 13.2. The number of carbonyl (C=O) groups excluding carboxylic acids is 3. The lowest BCUT2D eigenvalue weighted by Gasteiger charge is -2.29. The average Bonchev–Trinajstić information content (AvgIpc) is 3.54. The van der Waals surface area contributed by atoms with Crippen molar-refractivity contribution < 1.29 is 24.3 Å². The highest BCUT2D eigenvalue weighted by atomic mass is 16.4. The molecule has 3 heterocycles. The number of nitrogens with one attached hydrogen (secondary N) is 4. The maximum Gasteiger partial charge on any atom is 0.326 e. The number of likely N-dealkylation sites (tertiary alicyclic amines) is 1. The minimum atomic E-state index is -1.20. The highest BCUT2D eigenvalue weighted by Gasteiger charge is 2.39. The highest BCUT2D eigenvalue weighted by Crippen LogP contribution is 2.20. The van der Waals surface area contributed by atoms with Crippen LogP contribution in [0.3, 0.4) is 0 Å². The molecule has 0 aliphatic carbocycles. The molecule has 13 heteroatoms. The zero-order chi connectivity index (χ0) is 23.1. The van der Waals surface area contributed by atoms with E-state index in [1.165, 1.54) is 29.9 Å². The van der Waals surface area contributed by atoms with Gasteiger partial charge in [-0.2, -0.15) is 0 Å². The molecule has 0 saturated carbocycles. The van der Waals surface area contributed by atoms with Gasteiger partial charge in [0.15, 0.2) is 0 Å². The Labute approximate surface area is 183 Å². The van der Waals surface area contributed by atoms with Gasteiger partial charge >= 0.3 is 5.97 Å². The first-order valence-corrected chi connectivity index (χ1v) is 10.2. The maximum atomic E-state index is 13.2. The van der Waals surface area contributed by atoms with Crippen molar-refractivity contribution in [3.8, 4) is 0 Å². The molecule has 3 atom stereocenters. The van der Waals surface area contributed by atoms with E-state index in [0.717, 1.165) is 0 Å². The number of hydrogen-bond donors (Lipinski definition) is 6. The topological polar surface area (TPSA) is 199 Å². The van der Waals surface area contributed by atoms with Crippen LogP contribution >= 0.6 is 0 Å². The quantitative estimate of drug-likeness (QED) is 0.239. The smallest absolute Gasteiger partial charge is 0.326 e. The summed E-state index contributed by atoms with van der Waals surface area (Å²) < 4.78 is 0. The number of aromatic amines is 2. The van der Waals surface area contributed by atoms with Crippen LogP contribution in [0.5, 0.6) is 0 Å². The predicted octanol–water partition coefficient (Wildman–Crippen LogP) is -2.08. The number of imidazole rings is 2. The number of amides is 3. The minimum absolute atomic E-state index is 0.0245. The normalized spacial score (nSPS) is 17.5. The summed E-state index contributed by atoms with van der Waals surface area (Å²) in [6.07, 6.45) is 7.02. The summed E-state index contributed by atoms with van der Waals surface area (Å²) in [5.74, 6) is -2.71.